The van der Waals surface area contributed by atoms with Crippen molar-refractivity contribution in [2.75, 3.05) is 7.11 Å². The van der Waals surface area contributed by atoms with Crippen molar-refractivity contribution in [3.63, 3.8) is 0 Å². The molecule has 0 unspecified atom stereocenters. The van der Waals surface area contributed by atoms with E-state index in [1.807, 2.05) is 0 Å². The lowest BCUT2D eigenvalue weighted by molar-refractivity contribution is 0.0600. The van der Waals surface area contributed by atoms with Gasteiger partial charge in [-0.25, -0.2) is 9.78 Å². The van der Waals surface area contributed by atoms with Gasteiger partial charge in [0.2, 0.25) is 5.01 Å². The smallest absolute Gasteiger partial charge is 0.367 e. The minimum Gasteiger partial charge on any atom is -0.506 e. The summed E-state index contributed by atoms with van der Waals surface area (Å²) in [5.74, 6) is -0.347. The summed E-state index contributed by atoms with van der Waals surface area (Å²) < 4.78 is 5.14. The molecular weight excluding hydrogens is 202 g/mol. The highest BCUT2D eigenvalue weighted by molar-refractivity contribution is 7.20. The summed E-state index contributed by atoms with van der Waals surface area (Å²) in [6.07, 6.45) is 0. The molecule has 2 aromatic rings. The largest absolute Gasteiger partial charge is 0.506 e. The molecule has 1 aromatic heterocycles. The Kier molecular flexibility index (Phi) is 2.09. The zero-order valence-corrected chi connectivity index (χ0v) is 8.17. The molecule has 4 nitrogen and oxygen atoms in total. The molecule has 0 aliphatic carbocycles. The number of ether oxygens (including phenoxy) is 1. The summed E-state index contributed by atoms with van der Waals surface area (Å²) >= 11 is 1.12. The molecule has 0 fully saturated rings. The van der Waals surface area contributed by atoms with E-state index in [1.165, 1.54) is 7.11 Å². The molecule has 0 amide bonds. The van der Waals surface area contributed by atoms with E-state index < -0.39 is 5.97 Å². The van der Waals surface area contributed by atoms with E-state index in [9.17, 15) is 9.90 Å². The Bertz CT molecular complexity index is 492. The molecule has 0 radical (unpaired) electrons. The fourth-order valence-corrected chi connectivity index (χ4v) is 2.00. The lowest BCUT2D eigenvalue weighted by Gasteiger charge is -1.89. The van der Waals surface area contributed by atoms with E-state index in [1.54, 1.807) is 18.2 Å². The number of aromatic nitrogens is 1. The van der Waals surface area contributed by atoms with Crippen LogP contribution in [0.1, 0.15) is 9.80 Å². The van der Waals surface area contributed by atoms with Crippen LogP contribution >= 0.6 is 11.3 Å². The van der Waals surface area contributed by atoms with Gasteiger partial charge in [-0.1, -0.05) is 6.07 Å². The summed E-state index contributed by atoms with van der Waals surface area (Å²) in [7, 11) is 1.30. The predicted molar refractivity (Wildman–Crippen MR) is 52.6 cm³/mol. The van der Waals surface area contributed by atoms with Gasteiger partial charge in [0.15, 0.2) is 0 Å². The Labute approximate surface area is 83.8 Å². The number of benzene rings is 1. The second-order valence-corrected chi connectivity index (χ2v) is 3.64. The number of hydrogen-bond donors (Lipinski definition) is 1. The van der Waals surface area contributed by atoms with E-state index in [0.29, 0.717) is 10.2 Å². The van der Waals surface area contributed by atoms with E-state index in [-0.39, 0.29) is 10.8 Å². The minimum atomic E-state index is -0.481. The number of thiazole rings is 1. The third-order valence-electron chi connectivity index (χ3n) is 1.75. The van der Waals surface area contributed by atoms with Gasteiger partial charge in [-0.15, -0.1) is 11.3 Å². The first-order valence-corrected chi connectivity index (χ1v) is 4.71. The zero-order chi connectivity index (χ0) is 10.1. The normalized spacial score (nSPS) is 10.4. The summed E-state index contributed by atoms with van der Waals surface area (Å²) in [5, 5.41) is 9.71. The van der Waals surface area contributed by atoms with Gasteiger partial charge in [0, 0.05) is 0 Å². The summed E-state index contributed by atoms with van der Waals surface area (Å²) in [4.78, 5) is 15.2. The number of methoxy groups -OCH3 is 1. The van der Waals surface area contributed by atoms with Crippen LogP contribution in [0, 0.1) is 0 Å². The topological polar surface area (TPSA) is 59.4 Å². The molecule has 5 heteroatoms. The standard InChI is InChI=1S/C9H7NO3S/c1-13-9(12)8-10-5-3-2-4-6(11)7(5)14-8/h2-4,11H,1H3. The number of nitrogens with zero attached hydrogens (tertiary/aromatic N) is 1. The van der Waals surface area contributed by atoms with Crippen LogP contribution in [0.15, 0.2) is 18.2 Å². The first kappa shape index (κ1) is 8.96. The number of esters is 1. The number of fused-ring (bicyclic) bond motifs is 1. The fraction of sp³-hybridized carbons (Fsp3) is 0.111. The number of phenolic OH excluding ortho intramolecular Hbond substituents is 1. The Morgan fingerprint density at radius 1 is 1.57 bits per heavy atom. The van der Waals surface area contributed by atoms with Crippen molar-refractivity contribution in [1.29, 1.82) is 0 Å². The molecule has 0 bridgehead atoms. The fourth-order valence-electron chi connectivity index (χ4n) is 1.11. The highest BCUT2D eigenvalue weighted by Gasteiger charge is 2.13. The van der Waals surface area contributed by atoms with Crippen molar-refractivity contribution < 1.29 is 14.6 Å². The van der Waals surface area contributed by atoms with Crippen LogP contribution < -0.4 is 0 Å². The second-order valence-electron chi connectivity index (χ2n) is 2.64. The van der Waals surface area contributed by atoms with Gasteiger partial charge in [0.05, 0.1) is 17.3 Å². The Morgan fingerprint density at radius 2 is 2.36 bits per heavy atom. The minimum absolute atomic E-state index is 0.134. The average molecular weight is 209 g/mol. The van der Waals surface area contributed by atoms with Crippen LogP contribution in [0.3, 0.4) is 0 Å². The van der Waals surface area contributed by atoms with Crippen LogP contribution in [0.5, 0.6) is 5.75 Å². The number of phenols is 1. The van der Waals surface area contributed by atoms with Gasteiger partial charge in [0.25, 0.3) is 0 Å². The van der Waals surface area contributed by atoms with Crippen LogP contribution in [0.2, 0.25) is 0 Å². The monoisotopic (exact) mass is 209 g/mol. The lowest BCUT2D eigenvalue weighted by Crippen LogP contribution is -1.99. The van der Waals surface area contributed by atoms with E-state index in [0.717, 1.165) is 11.3 Å². The Balaban J connectivity index is 2.62. The SMILES string of the molecule is COC(=O)c1nc2cccc(O)c2s1. The van der Waals surface area contributed by atoms with Crippen LogP contribution in [-0.4, -0.2) is 23.2 Å². The number of hydrogen-bond acceptors (Lipinski definition) is 5. The predicted octanol–water partition coefficient (Wildman–Crippen LogP) is 1.79. The van der Waals surface area contributed by atoms with Crippen LogP contribution in [-0.2, 0) is 4.74 Å². The van der Waals surface area contributed by atoms with E-state index in [2.05, 4.69) is 9.72 Å². The Morgan fingerprint density at radius 3 is 3.00 bits per heavy atom. The molecular formula is C9H7NO3S. The first-order chi connectivity index (χ1) is 6.72. The van der Waals surface area contributed by atoms with Crippen molar-refractivity contribution in [3.05, 3.63) is 23.2 Å². The molecule has 2 rings (SSSR count). The molecule has 0 aliphatic heterocycles. The summed E-state index contributed by atoms with van der Waals surface area (Å²) in [6.45, 7) is 0. The van der Waals surface area contributed by atoms with Crippen molar-refractivity contribution in [2.24, 2.45) is 0 Å². The third-order valence-corrected chi connectivity index (χ3v) is 2.83. The van der Waals surface area contributed by atoms with Gasteiger partial charge in [-0.3, -0.25) is 0 Å². The summed E-state index contributed by atoms with van der Waals surface area (Å²) in [5.41, 5.74) is 0.607. The molecule has 0 saturated heterocycles. The van der Waals surface area contributed by atoms with E-state index in [4.69, 9.17) is 0 Å². The molecule has 0 atom stereocenters. The molecule has 1 aromatic carbocycles. The maximum atomic E-state index is 11.1. The van der Waals surface area contributed by atoms with Crippen molar-refractivity contribution >= 4 is 27.5 Å². The number of carbonyl (C=O) groups is 1. The van der Waals surface area contributed by atoms with Crippen molar-refractivity contribution in [3.8, 4) is 5.75 Å². The van der Waals surface area contributed by atoms with E-state index >= 15 is 0 Å². The summed E-state index contributed by atoms with van der Waals surface area (Å²) in [6, 6.07) is 4.97. The second kappa shape index (κ2) is 3.26. The maximum absolute atomic E-state index is 11.1. The molecule has 0 saturated carbocycles. The lowest BCUT2D eigenvalue weighted by atomic mass is 10.3. The number of carbonyl (C=O) groups excluding carboxylic acids is 1. The highest BCUT2D eigenvalue weighted by Crippen LogP contribution is 2.30. The molecule has 0 spiro atoms. The van der Waals surface area contributed by atoms with Crippen molar-refractivity contribution in [1.82, 2.24) is 4.98 Å². The first-order valence-electron chi connectivity index (χ1n) is 3.89. The van der Waals surface area contributed by atoms with Gasteiger partial charge in [0.1, 0.15) is 5.75 Å². The molecule has 0 aliphatic rings. The number of aromatic hydroxyl groups is 1. The molecule has 72 valence electrons. The molecule has 14 heavy (non-hydrogen) atoms. The molecule has 1 N–H and O–H groups in total. The van der Waals surface area contributed by atoms with Crippen LogP contribution in [0.25, 0.3) is 10.2 Å². The van der Waals surface area contributed by atoms with Gasteiger partial charge >= 0.3 is 5.97 Å². The Hall–Kier alpha value is -1.62. The maximum Gasteiger partial charge on any atom is 0.367 e. The van der Waals surface area contributed by atoms with Crippen LogP contribution in [0.4, 0.5) is 0 Å². The zero-order valence-electron chi connectivity index (χ0n) is 7.35. The highest BCUT2D eigenvalue weighted by atomic mass is 32.1. The van der Waals surface area contributed by atoms with Gasteiger partial charge in [-0.2, -0.15) is 0 Å². The average Bonchev–Trinajstić information content (AvgIpc) is 2.62. The molecule has 1 heterocycles. The van der Waals surface area contributed by atoms with Gasteiger partial charge < -0.3 is 9.84 Å². The quantitative estimate of drug-likeness (QED) is 0.727. The third kappa shape index (κ3) is 1.31. The van der Waals surface area contributed by atoms with Crippen molar-refractivity contribution in [2.45, 2.75) is 0 Å². The number of rotatable bonds is 1. The van der Waals surface area contributed by atoms with Gasteiger partial charge in [-0.05, 0) is 12.1 Å².